The molecule has 0 spiro atoms. The van der Waals surface area contributed by atoms with Crippen LogP contribution >= 0.6 is 23.4 Å². The second-order valence-corrected chi connectivity index (χ2v) is 5.29. The normalized spacial score (nSPS) is 14.5. The van der Waals surface area contributed by atoms with E-state index in [1.807, 2.05) is 24.8 Å². The van der Waals surface area contributed by atoms with E-state index in [1.165, 1.54) is 16.0 Å². The Hall–Kier alpha value is -0.730. The predicted molar refractivity (Wildman–Crippen MR) is 65.9 cm³/mol. The number of halogens is 1. The highest BCUT2D eigenvalue weighted by molar-refractivity contribution is 7.99. The number of thioether (sulfide) groups is 1. The second kappa shape index (κ2) is 3.39. The van der Waals surface area contributed by atoms with Gasteiger partial charge in [-0.3, -0.25) is 0 Å². The van der Waals surface area contributed by atoms with Gasteiger partial charge in [-0.15, -0.1) is 11.8 Å². The maximum absolute atomic E-state index is 6.09. The highest BCUT2D eigenvalue weighted by Crippen LogP contribution is 2.33. The molecule has 0 aliphatic carbocycles. The van der Waals surface area contributed by atoms with E-state index in [-0.39, 0.29) is 0 Å². The lowest BCUT2D eigenvalue weighted by molar-refractivity contribution is 1.07. The molecule has 0 radical (unpaired) electrons. The van der Waals surface area contributed by atoms with Crippen molar-refractivity contribution in [1.29, 1.82) is 0 Å². The van der Waals surface area contributed by atoms with E-state index in [2.05, 4.69) is 12.1 Å². The lowest BCUT2D eigenvalue weighted by Crippen LogP contribution is -1.89. The molecule has 3 heteroatoms. The number of rotatable bonds is 0. The Morgan fingerprint density at radius 3 is 3.13 bits per heavy atom. The highest BCUT2D eigenvalue weighted by Gasteiger charge is 2.15. The van der Waals surface area contributed by atoms with Crippen molar-refractivity contribution in [2.75, 3.05) is 5.75 Å². The van der Waals surface area contributed by atoms with Crippen LogP contribution in [0.2, 0.25) is 5.02 Å². The third-order valence-electron chi connectivity index (χ3n) is 2.82. The fourth-order valence-corrected chi connectivity index (χ4v) is 3.12. The molecule has 0 fully saturated rings. The summed E-state index contributed by atoms with van der Waals surface area (Å²) in [7, 11) is 0. The molecule has 1 aromatic carbocycles. The highest BCUT2D eigenvalue weighted by atomic mass is 35.5. The number of pyridine rings is 1. The Morgan fingerprint density at radius 1 is 1.40 bits per heavy atom. The van der Waals surface area contributed by atoms with Crippen molar-refractivity contribution in [2.24, 2.45) is 0 Å². The molecule has 2 aromatic rings. The van der Waals surface area contributed by atoms with Gasteiger partial charge in [0.2, 0.25) is 0 Å². The molecule has 0 saturated carbocycles. The molecular formula is C12H10ClNS. The average molecular weight is 236 g/mol. The quantitative estimate of drug-likeness (QED) is 0.688. The zero-order valence-corrected chi connectivity index (χ0v) is 9.95. The molecule has 2 heterocycles. The summed E-state index contributed by atoms with van der Waals surface area (Å²) in [6, 6.07) is 6.26. The van der Waals surface area contributed by atoms with Gasteiger partial charge in [0.25, 0.3) is 0 Å². The summed E-state index contributed by atoms with van der Waals surface area (Å²) in [5.41, 5.74) is 3.52. The van der Waals surface area contributed by atoms with Gasteiger partial charge in [0.1, 0.15) is 0 Å². The number of hydrogen-bond acceptors (Lipinski definition) is 2. The SMILES string of the molecule is Cc1c(Cl)ccc2cc3c(nc12)SCC3. The van der Waals surface area contributed by atoms with Crippen LogP contribution in [0.25, 0.3) is 10.9 Å². The smallest absolute Gasteiger partial charge is 0.1000 e. The molecule has 0 saturated heterocycles. The monoisotopic (exact) mass is 235 g/mol. The van der Waals surface area contributed by atoms with Gasteiger partial charge < -0.3 is 0 Å². The number of benzene rings is 1. The number of hydrogen-bond donors (Lipinski definition) is 0. The molecular weight excluding hydrogens is 226 g/mol. The minimum Gasteiger partial charge on any atom is -0.241 e. The van der Waals surface area contributed by atoms with Crippen LogP contribution in [0.4, 0.5) is 0 Å². The van der Waals surface area contributed by atoms with Gasteiger partial charge in [0, 0.05) is 16.2 Å². The fraction of sp³-hybridized carbons (Fsp3) is 0.250. The summed E-state index contributed by atoms with van der Waals surface area (Å²) in [6.45, 7) is 2.03. The second-order valence-electron chi connectivity index (χ2n) is 3.80. The molecule has 1 aliphatic rings. The van der Waals surface area contributed by atoms with E-state index in [0.717, 1.165) is 28.3 Å². The van der Waals surface area contributed by atoms with Crippen LogP contribution in [0.1, 0.15) is 11.1 Å². The van der Waals surface area contributed by atoms with Crippen molar-refractivity contribution in [1.82, 2.24) is 4.98 Å². The molecule has 76 valence electrons. The van der Waals surface area contributed by atoms with Gasteiger partial charge in [-0.2, -0.15) is 0 Å². The Bertz CT molecular complexity index is 551. The summed E-state index contributed by atoms with van der Waals surface area (Å²) in [5, 5.41) is 3.20. The number of aryl methyl sites for hydroxylation is 2. The maximum atomic E-state index is 6.09. The molecule has 15 heavy (non-hydrogen) atoms. The van der Waals surface area contributed by atoms with Crippen LogP contribution in [0, 0.1) is 6.92 Å². The number of fused-ring (bicyclic) bond motifs is 2. The largest absolute Gasteiger partial charge is 0.241 e. The summed E-state index contributed by atoms with van der Waals surface area (Å²) >= 11 is 7.93. The molecule has 0 atom stereocenters. The lowest BCUT2D eigenvalue weighted by atomic mass is 10.1. The van der Waals surface area contributed by atoms with Gasteiger partial charge in [-0.1, -0.05) is 17.7 Å². The number of aromatic nitrogens is 1. The Labute approximate surface area is 97.8 Å². The Kier molecular flexibility index (Phi) is 2.15. The van der Waals surface area contributed by atoms with Crippen molar-refractivity contribution in [3.8, 4) is 0 Å². The van der Waals surface area contributed by atoms with Crippen LogP contribution in [-0.4, -0.2) is 10.7 Å². The fourth-order valence-electron chi connectivity index (χ4n) is 1.95. The van der Waals surface area contributed by atoms with Crippen molar-refractivity contribution < 1.29 is 0 Å². The zero-order valence-electron chi connectivity index (χ0n) is 8.38. The van der Waals surface area contributed by atoms with Crippen LogP contribution in [0.5, 0.6) is 0 Å². The van der Waals surface area contributed by atoms with E-state index >= 15 is 0 Å². The van der Waals surface area contributed by atoms with Gasteiger partial charge in [-0.25, -0.2) is 4.98 Å². The van der Waals surface area contributed by atoms with Crippen LogP contribution in [-0.2, 0) is 6.42 Å². The van der Waals surface area contributed by atoms with Crippen molar-refractivity contribution in [2.45, 2.75) is 18.4 Å². The van der Waals surface area contributed by atoms with Crippen molar-refractivity contribution in [3.05, 3.63) is 34.3 Å². The van der Waals surface area contributed by atoms with E-state index in [4.69, 9.17) is 16.6 Å². The molecule has 0 N–H and O–H groups in total. The van der Waals surface area contributed by atoms with Gasteiger partial charge >= 0.3 is 0 Å². The summed E-state index contributed by atoms with van der Waals surface area (Å²) in [5.74, 6) is 1.16. The van der Waals surface area contributed by atoms with Gasteiger partial charge in [-0.05, 0) is 36.6 Å². The molecule has 0 amide bonds. The average Bonchev–Trinajstić information content (AvgIpc) is 2.68. The van der Waals surface area contributed by atoms with Gasteiger partial charge in [0.05, 0.1) is 10.5 Å². The topological polar surface area (TPSA) is 12.9 Å². The number of nitrogens with zero attached hydrogens (tertiary/aromatic N) is 1. The standard InChI is InChI=1S/C12H10ClNS/c1-7-10(13)3-2-8-6-9-4-5-15-12(9)14-11(7)8/h2-3,6H,4-5H2,1H3. The van der Waals surface area contributed by atoms with E-state index in [9.17, 15) is 0 Å². The lowest BCUT2D eigenvalue weighted by Gasteiger charge is -2.05. The molecule has 1 aromatic heterocycles. The maximum Gasteiger partial charge on any atom is 0.1000 e. The molecule has 3 rings (SSSR count). The third kappa shape index (κ3) is 1.44. The van der Waals surface area contributed by atoms with Crippen LogP contribution < -0.4 is 0 Å². The van der Waals surface area contributed by atoms with Crippen molar-refractivity contribution in [3.63, 3.8) is 0 Å². The summed E-state index contributed by atoms with van der Waals surface area (Å²) in [4.78, 5) is 4.69. The first-order valence-electron chi connectivity index (χ1n) is 4.97. The van der Waals surface area contributed by atoms with Crippen LogP contribution in [0.15, 0.2) is 23.2 Å². The summed E-state index contributed by atoms with van der Waals surface area (Å²) in [6.07, 6.45) is 1.14. The minimum absolute atomic E-state index is 0.804. The third-order valence-corrected chi connectivity index (χ3v) is 4.27. The van der Waals surface area contributed by atoms with E-state index < -0.39 is 0 Å². The molecule has 1 nitrogen and oxygen atoms in total. The molecule has 0 unspecified atom stereocenters. The van der Waals surface area contributed by atoms with Gasteiger partial charge in [0.15, 0.2) is 0 Å². The minimum atomic E-state index is 0.804. The first kappa shape index (κ1) is 9.49. The zero-order chi connectivity index (χ0) is 10.4. The predicted octanol–water partition coefficient (Wildman–Crippen LogP) is 3.84. The van der Waals surface area contributed by atoms with Crippen LogP contribution in [0.3, 0.4) is 0 Å². The summed E-state index contributed by atoms with van der Waals surface area (Å²) < 4.78 is 0. The first-order chi connectivity index (χ1) is 7.25. The van der Waals surface area contributed by atoms with E-state index in [1.54, 1.807) is 0 Å². The first-order valence-corrected chi connectivity index (χ1v) is 6.33. The Balaban J connectivity index is 2.38. The van der Waals surface area contributed by atoms with Crippen molar-refractivity contribution >= 4 is 34.3 Å². The Morgan fingerprint density at radius 2 is 2.27 bits per heavy atom. The van der Waals surface area contributed by atoms with E-state index in [0.29, 0.717) is 0 Å². The molecule has 1 aliphatic heterocycles. The molecule has 0 bridgehead atoms.